The third kappa shape index (κ3) is 2.58. The molecule has 4 aromatic rings. The van der Waals surface area contributed by atoms with E-state index in [1.165, 1.54) is 0 Å². The van der Waals surface area contributed by atoms with Crippen molar-refractivity contribution in [1.29, 1.82) is 5.26 Å². The first-order chi connectivity index (χ1) is 13.9. The quantitative estimate of drug-likeness (QED) is 0.550. The Morgan fingerprint density at radius 1 is 1.24 bits per heavy atom. The number of halogens is 2. The van der Waals surface area contributed by atoms with Gasteiger partial charge in [-0.2, -0.15) is 5.26 Å². The molecule has 0 saturated carbocycles. The Kier molecular flexibility index (Phi) is 4.31. The van der Waals surface area contributed by atoms with Gasteiger partial charge in [0.25, 0.3) is 6.43 Å². The van der Waals surface area contributed by atoms with Crippen LogP contribution in [0, 0.1) is 25.2 Å². The van der Waals surface area contributed by atoms with Crippen LogP contribution in [-0.4, -0.2) is 21.6 Å². The third-order valence-corrected chi connectivity index (χ3v) is 5.06. The molecule has 3 aromatic heterocycles. The van der Waals surface area contributed by atoms with Crippen LogP contribution in [-0.2, 0) is 0 Å². The van der Waals surface area contributed by atoms with Crippen molar-refractivity contribution in [2.45, 2.75) is 20.3 Å². The van der Waals surface area contributed by atoms with Crippen LogP contribution < -0.4 is 10.5 Å². The normalized spacial score (nSPS) is 11.3. The molecule has 4 rings (SSSR count). The van der Waals surface area contributed by atoms with Crippen molar-refractivity contribution in [2.24, 2.45) is 0 Å². The van der Waals surface area contributed by atoms with Gasteiger partial charge in [-0.05, 0) is 37.6 Å². The fourth-order valence-corrected chi connectivity index (χ4v) is 3.80. The number of aromatic nitrogens is 3. The molecule has 0 saturated heterocycles. The van der Waals surface area contributed by atoms with Gasteiger partial charge in [-0.25, -0.2) is 13.8 Å². The van der Waals surface area contributed by atoms with Crippen LogP contribution in [0.2, 0.25) is 0 Å². The smallest absolute Gasteiger partial charge is 0.281 e. The molecule has 146 valence electrons. The maximum Gasteiger partial charge on any atom is 0.281 e. The summed E-state index contributed by atoms with van der Waals surface area (Å²) >= 11 is 0. The number of nitrogen functional groups attached to an aromatic ring is 1. The van der Waals surface area contributed by atoms with Crippen LogP contribution in [0.15, 0.2) is 30.5 Å². The molecule has 0 bridgehead atoms. The molecule has 0 fully saturated rings. The first kappa shape index (κ1) is 18.6. The number of hydrogen-bond donors (Lipinski definition) is 1. The summed E-state index contributed by atoms with van der Waals surface area (Å²) in [7, 11) is 1.55. The van der Waals surface area contributed by atoms with E-state index in [2.05, 4.69) is 9.97 Å². The molecule has 0 atom stereocenters. The summed E-state index contributed by atoms with van der Waals surface area (Å²) in [5, 5.41) is 9.75. The Bertz CT molecular complexity index is 1320. The highest BCUT2D eigenvalue weighted by atomic mass is 19.3. The summed E-state index contributed by atoms with van der Waals surface area (Å²) in [5.74, 6) is 0.676. The molecular weight excluding hydrogens is 376 g/mol. The molecule has 0 aliphatic rings. The second-order valence-electron chi connectivity index (χ2n) is 6.66. The standard InChI is InChI=1S/C21H17F2N5O/c1-10-6-7-14(29-3)11(2)18(10)28-19-15(12(9-24)21(28)25)17(20(22)23)27-13-5-4-8-26-16(13)19/h4-8,20H,25H2,1-3H3. The number of alkyl halides is 2. The van der Waals surface area contributed by atoms with Gasteiger partial charge in [0.2, 0.25) is 0 Å². The number of ether oxygens (including phenoxy) is 1. The van der Waals surface area contributed by atoms with Crippen LogP contribution in [0.25, 0.3) is 27.6 Å². The highest BCUT2D eigenvalue weighted by Gasteiger charge is 2.28. The number of nitrogens with zero attached hydrogens (tertiary/aromatic N) is 4. The third-order valence-electron chi connectivity index (χ3n) is 5.06. The summed E-state index contributed by atoms with van der Waals surface area (Å²) in [6.45, 7) is 3.73. The Morgan fingerprint density at radius 2 is 2.00 bits per heavy atom. The van der Waals surface area contributed by atoms with E-state index in [0.717, 1.165) is 11.1 Å². The zero-order valence-electron chi connectivity index (χ0n) is 16.0. The number of benzene rings is 1. The van der Waals surface area contributed by atoms with Crippen molar-refractivity contribution in [3.8, 4) is 17.5 Å². The van der Waals surface area contributed by atoms with E-state index in [-0.39, 0.29) is 16.8 Å². The Balaban J connectivity index is 2.32. The Hall–Kier alpha value is -3.73. The fraction of sp³-hybridized carbons (Fsp3) is 0.190. The number of aryl methyl sites for hydroxylation is 1. The Labute approximate surface area is 165 Å². The molecule has 6 nitrogen and oxygen atoms in total. The number of fused-ring (bicyclic) bond motifs is 3. The first-order valence-corrected chi connectivity index (χ1v) is 8.82. The van der Waals surface area contributed by atoms with Crippen LogP contribution >= 0.6 is 0 Å². The van der Waals surface area contributed by atoms with Gasteiger partial charge in [0.15, 0.2) is 0 Å². The molecule has 0 aliphatic heterocycles. The second-order valence-corrected chi connectivity index (χ2v) is 6.66. The largest absolute Gasteiger partial charge is 0.496 e. The van der Waals surface area contributed by atoms with Crippen molar-refractivity contribution in [3.63, 3.8) is 0 Å². The molecule has 0 spiro atoms. The van der Waals surface area contributed by atoms with Crippen LogP contribution in [0.5, 0.6) is 5.75 Å². The molecule has 0 unspecified atom stereocenters. The van der Waals surface area contributed by atoms with Crippen molar-refractivity contribution in [2.75, 3.05) is 12.8 Å². The highest BCUT2D eigenvalue weighted by Crippen LogP contribution is 2.41. The van der Waals surface area contributed by atoms with Gasteiger partial charge in [-0.1, -0.05) is 6.07 Å². The lowest BCUT2D eigenvalue weighted by molar-refractivity contribution is 0.148. The van der Waals surface area contributed by atoms with E-state index in [1.807, 2.05) is 32.0 Å². The second kappa shape index (κ2) is 6.71. The zero-order valence-corrected chi connectivity index (χ0v) is 16.0. The van der Waals surface area contributed by atoms with Gasteiger partial charge in [0.1, 0.15) is 34.4 Å². The van der Waals surface area contributed by atoms with Gasteiger partial charge >= 0.3 is 0 Å². The van der Waals surface area contributed by atoms with Crippen molar-refractivity contribution < 1.29 is 13.5 Å². The molecule has 0 amide bonds. The monoisotopic (exact) mass is 393 g/mol. The van der Waals surface area contributed by atoms with Crippen molar-refractivity contribution in [1.82, 2.24) is 14.5 Å². The van der Waals surface area contributed by atoms with Gasteiger partial charge < -0.3 is 10.5 Å². The minimum absolute atomic E-state index is 0.0211. The molecule has 8 heteroatoms. The van der Waals surface area contributed by atoms with Gasteiger partial charge in [0.05, 0.1) is 23.8 Å². The van der Waals surface area contributed by atoms with Gasteiger partial charge in [0, 0.05) is 17.1 Å². The molecule has 1 aromatic carbocycles. The average molecular weight is 393 g/mol. The minimum Gasteiger partial charge on any atom is -0.496 e. The summed E-state index contributed by atoms with van der Waals surface area (Å²) in [4.78, 5) is 8.44. The van der Waals surface area contributed by atoms with Crippen molar-refractivity contribution in [3.05, 3.63) is 52.8 Å². The zero-order chi connectivity index (χ0) is 20.9. The lowest BCUT2D eigenvalue weighted by Gasteiger charge is -2.17. The molecule has 2 N–H and O–H groups in total. The molecular formula is C21H17F2N5O. The predicted octanol–water partition coefficient (Wildman–Crippen LogP) is 4.59. The van der Waals surface area contributed by atoms with E-state index in [9.17, 15) is 14.0 Å². The number of pyridine rings is 2. The van der Waals surface area contributed by atoms with E-state index in [1.54, 1.807) is 30.0 Å². The van der Waals surface area contributed by atoms with Gasteiger partial charge in [-0.15, -0.1) is 0 Å². The average Bonchev–Trinajstić information content (AvgIpc) is 3.00. The summed E-state index contributed by atoms with van der Waals surface area (Å²) < 4.78 is 34.8. The van der Waals surface area contributed by atoms with Crippen LogP contribution in [0.1, 0.15) is 28.8 Å². The minimum atomic E-state index is -2.88. The highest BCUT2D eigenvalue weighted by molar-refractivity contribution is 6.09. The summed E-state index contributed by atoms with van der Waals surface area (Å²) in [6, 6.07) is 8.89. The maximum absolute atomic E-state index is 13.9. The van der Waals surface area contributed by atoms with E-state index < -0.39 is 12.1 Å². The number of anilines is 1. The summed E-state index contributed by atoms with van der Waals surface area (Å²) in [5.41, 5.74) is 9.11. The number of rotatable bonds is 3. The number of hydrogen-bond acceptors (Lipinski definition) is 5. The predicted molar refractivity (Wildman–Crippen MR) is 106 cm³/mol. The lowest BCUT2D eigenvalue weighted by atomic mass is 10.1. The number of methoxy groups -OCH3 is 1. The van der Waals surface area contributed by atoms with Crippen LogP contribution in [0.4, 0.5) is 14.6 Å². The topological polar surface area (TPSA) is 89.8 Å². The Morgan fingerprint density at radius 3 is 2.66 bits per heavy atom. The number of nitrogens with two attached hydrogens (primary N) is 1. The van der Waals surface area contributed by atoms with Gasteiger partial charge in [-0.3, -0.25) is 9.55 Å². The van der Waals surface area contributed by atoms with Crippen LogP contribution in [0.3, 0.4) is 0 Å². The molecule has 0 radical (unpaired) electrons. The fourth-order valence-electron chi connectivity index (χ4n) is 3.80. The number of nitriles is 1. The molecule has 3 heterocycles. The first-order valence-electron chi connectivity index (χ1n) is 8.82. The maximum atomic E-state index is 13.9. The molecule has 29 heavy (non-hydrogen) atoms. The van der Waals surface area contributed by atoms with E-state index in [4.69, 9.17) is 10.5 Å². The molecule has 0 aliphatic carbocycles. The SMILES string of the molecule is COc1ccc(C)c(-n2c(N)c(C#N)c3c(C(F)F)nc4cccnc4c32)c1C. The van der Waals surface area contributed by atoms with E-state index >= 15 is 0 Å². The lowest BCUT2D eigenvalue weighted by Crippen LogP contribution is -2.06. The van der Waals surface area contributed by atoms with E-state index in [0.29, 0.717) is 28.0 Å². The van der Waals surface area contributed by atoms with Crippen molar-refractivity contribution >= 4 is 27.8 Å². The summed E-state index contributed by atoms with van der Waals surface area (Å²) in [6.07, 6.45) is -1.33.